The number of carbonyl (C=O) groups excluding carboxylic acids is 1. The van der Waals surface area contributed by atoms with Gasteiger partial charge in [-0.1, -0.05) is 13.3 Å². The zero-order valence-electron chi connectivity index (χ0n) is 12.1. The van der Waals surface area contributed by atoms with Gasteiger partial charge in [0, 0.05) is 19.2 Å². The number of nitro benzene ring substituents is 1. The number of likely N-dealkylation sites (N-methyl/N-ethyl adjacent to an activating group) is 1. The summed E-state index contributed by atoms with van der Waals surface area (Å²) in [6.45, 7) is 1.95. The van der Waals surface area contributed by atoms with E-state index in [2.05, 4.69) is 15.3 Å². The van der Waals surface area contributed by atoms with Crippen LogP contribution in [0.25, 0.3) is 0 Å². The van der Waals surface area contributed by atoms with E-state index in [4.69, 9.17) is 0 Å². The van der Waals surface area contributed by atoms with E-state index in [1.807, 2.05) is 6.92 Å². The third-order valence-electron chi connectivity index (χ3n) is 3.10. The number of nitro groups is 1. The SMILES string of the molecule is CCCC1=NN(C)C(=O)C1N=Nc1cc([N+](=O)[O-])ccc1O. The molecule has 1 amide bonds. The number of azo groups is 1. The quantitative estimate of drug-likeness (QED) is 0.510. The first-order valence-corrected chi connectivity index (χ1v) is 6.67. The van der Waals surface area contributed by atoms with Crippen LogP contribution >= 0.6 is 0 Å². The van der Waals surface area contributed by atoms with Crippen molar-refractivity contribution in [3.05, 3.63) is 28.3 Å². The van der Waals surface area contributed by atoms with Crippen LogP contribution in [0.5, 0.6) is 5.75 Å². The van der Waals surface area contributed by atoms with Crippen molar-refractivity contribution in [3.63, 3.8) is 0 Å². The van der Waals surface area contributed by atoms with Gasteiger partial charge in [-0.15, -0.1) is 0 Å². The third-order valence-corrected chi connectivity index (χ3v) is 3.10. The monoisotopic (exact) mass is 305 g/mol. The van der Waals surface area contributed by atoms with E-state index in [1.54, 1.807) is 0 Å². The lowest BCUT2D eigenvalue weighted by Gasteiger charge is -2.05. The van der Waals surface area contributed by atoms with Crippen molar-refractivity contribution in [2.75, 3.05) is 7.05 Å². The van der Waals surface area contributed by atoms with Gasteiger partial charge in [-0.2, -0.15) is 15.3 Å². The highest BCUT2D eigenvalue weighted by Crippen LogP contribution is 2.31. The van der Waals surface area contributed by atoms with Crippen molar-refractivity contribution >= 4 is 23.0 Å². The molecule has 116 valence electrons. The van der Waals surface area contributed by atoms with Gasteiger partial charge in [-0.25, -0.2) is 5.01 Å². The molecule has 1 aromatic carbocycles. The van der Waals surface area contributed by atoms with Gasteiger partial charge >= 0.3 is 0 Å². The first-order chi connectivity index (χ1) is 10.4. The third kappa shape index (κ3) is 3.08. The van der Waals surface area contributed by atoms with Gasteiger partial charge in [0.2, 0.25) is 0 Å². The van der Waals surface area contributed by atoms with E-state index in [0.29, 0.717) is 12.1 Å². The van der Waals surface area contributed by atoms with Gasteiger partial charge in [0.1, 0.15) is 11.4 Å². The van der Waals surface area contributed by atoms with Gasteiger partial charge in [0.15, 0.2) is 6.04 Å². The Bertz CT molecular complexity index is 670. The molecule has 9 heteroatoms. The Morgan fingerprint density at radius 2 is 2.23 bits per heavy atom. The van der Waals surface area contributed by atoms with Gasteiger partial charge < -0.3 is 5.11 Å². The standard InChI is InChI=1S/C13H15N5O4/c1-3-4-9-12(13(20)17(2)16-9)15-14-10-7-8(18(21)22)5-6-11(10)19/h5-7,12,19H,3-4H2,1-2H3. The largest absolute Gasteiger partial charge is 0.506 e. The number of amides is 1. The van der Waals surface area contributed by atoms with Gasteiger partial charge in [0.05, 0.1) is 10.6 Å². The number of phenolic OH excluding ortho intramolecular Hbond substituents is 1. The molecular formula is C13H15N5O4. The highest BCUT2D eigenvalue weighted by molar-refractivity contribution is 6.11. The maximum atomic E-state index is 12.0. The summed E-state index contributed by atoms with van der Waals surface area (Å²) in [7, 11) is 1.53. The molecular weight excluding hydrogens is 290 g/mol. The minimum Gasteiger partial charge on any atom is -0.506 e. The molecule has 0 saturated heterocycles. The number of hydrogen-bond donors (Lipinski definition) is 1. The van der Waals surface area contributed by atoms with Crippen LogP contribution in [0.4, 0.5) is 11.4 Å². The lowest BCUT2D eigenvalue weighted by molar-refractivity contribution is -0.384. The minimum atomic E-state index is -0.844. The van der Waals surface area contributed by atoms with E-state index in [1.165, 1.54) is 12.1 Å². The number of rotatable bonds is 5. The summed E-state index contributed by atoms with van der Waals surface area (Å²) in [5, 5.41) is 33.4. The van der Waals surface area contributed by atoms with Gasteiger partial charge in [-0.05, 0) is 12.5 Å². The number of phenols is 1. The number of hydrogen-bond acceptors (Lipinski definition) is 7. The lowest BCUT2D eigenvalue weighted by atomic mass is 10.1. The summed E-state index contributed by atoms with van der Waals surface area (Å²) in [4.78, 5) is 22.1. The van der Waals surface area contributed by atoms with Crippen LogP contribution in [-0.2, 0) is 4.79 Å². The first kappa shape index (κ1) is 15.5. The normalized spacial score (nSPS) is 18.1. The molecule has 1 aliphatic heterocycles. The average molecular weight is 305 g/mol. The molecule has 1 heterocycles. The summed E-state index contributed by atoms with van der Waals surface area (Å²) in [5.41, 5.74) is 0.306. The van der Waals surface area contributed by atoms with E-state index in [9.17, 15) is 20.0 Å². The van der Waals surface area contributed by atoms with Crippen LogP contribution in [0, 0.1) is 10.1 Å². The predicted octanol–water partition coefficient (Wildman–Crippen LogP) is 2.38. The first-order valence-electron chi connectivity index (χ1n) is 6.67. The molecule has 1 atom stereocenters. The van der Waals surface area contributed by atoms with E-state index < -0.39 is 11.0 Å². The second kappa shape index (κ2) is 6.29. The summed E-state index contributed by atoms with van der Waals surface area (Å²) >= 11 is 0. The van der Waals surface area contributed by atoms with Crippen LogP contribution < -0.4 is 0 Å². The molecule has 0 aliphatic carbocycles. The fraction of sp³-hybridized carbons (Fsp3) is 0.385. The molecule has 1 unspecified atom stereocenters. The second-order valence-electron chi connectivity index (χ2n) is 4.75. The van der Waals surface area contributed by atoms with Crippen molar-refractivity contribution < 1.29 is 14.8 Å². The van der Waals surface area contributed by atoms with E-state index >= 15 is 0 Å². The Hall–Kier alpha value is -2.84. The number of carbonyl (C=O) groups is 1. The summed E-state index contributed by atoms with van der Waals surface area (Å²) in [6, 6.07) is 2.57. The van der Waals surface area contributed by atoms with Crippen LogP contribution in [0.15, 0.2) is 33.5 Å². The smallest absolute Gasteiger partial charge is 0.275 e. The van der Waals surface area contributed by atoms with Crippen LogP contribution in [0.1, 0.15) is 19.8 Å². The molecule has 0 bridgehead atoms. The van der Waals surface area contributed by atoms with Crippen LogP contribution in [0.3, 0.4) is 0 Å². The van der Waals surface area contributed by atoms with Crippen LogP contribution in [-0.4, -0.2) is 39.7 Å². The van der Waals surface area contributed by atoms with Crippen molar-refractivity contribution in [1.82, 2.24) is 5.01 Å². The molecule has 22 heavy (non-hydrogen) atoms. The highest BCUT2D eigenvalue weighted by Gasteiger charge is 2.33. The molecule has 0 spiro atoms. The fourth-order valence-electron chi connectivity index (χ4n) is 2.00. The number of non-ortho nitro benzene ring substituents is 1. The van der Waals surface area contributed by atoms with Crippen LogP contribution in [0.2, 0.25) is 0 Å². The highest BCUT2D eigenvalue weighted by atomic mass is 16.6. The molecule has 9 nitrogen and oxygen atoms in total. The number of nitrogens with zero attached hydrogens (tertiary/aromatic N) is 5. The molecule has 1 aromatic rings. The average Bonchev–Trinajstić information content (AvgIpc) is 2.73. The zero-order valence-corrected chi connectivity index (χ0v) is 12.1. The number of hydrazone groups is 1. The number of benzene rings is 1. The Morgan fingerprint density at radius 3 is 2.86 bits per heavy atom. The maximum absolute atomic E-state index is 12.0. The van der Waals surface area contributed by atoms with E-state index in [-0.39, 0.29) is 23.0 Å². The van der Waals surface area contributed by atoms with Crippen molar-refractivity contribution in [2.45, 2.75) is 25.8 Å². The topological polar surface area (TPSA) is 121 Å². The molecule has 0 saturated carbocycles. The van der Waals surface area contributed by atoms with Crippen molar-refractivity contribution in [1.29, 1.82) is 0 Å². The molecule has 1 N–H and O–H groups in total. The Balaban J connectivity index is 2.28. The fourth-order valence-corrected chi connectivity index (χ4v) is 2.00. The molecule has 0 aromatic heterocycles. The maximum Gasteiger partial charge on any atom is 0.275 e. The Morgan fingerprint density at radius 1 is 1.50 bits per heavy atom. The molecule has 1 aliphatic rings. The van der Waals surface area contributed by atoms with Gasteiger partial charge in [-0.3, -0.25) is 14.9 Å². The Kier molecular flexibility index (Phi) is 4.44. The zero-order chi connectivity index (χ0) is 16.3. The second-order valence-corrected chi connectivity index (χ2v) is 4.75. The number of aromatic hydroxyl groups is 1. The summed E-state index contributed by atoms with van der Waals surface area (Å²) in [5.74, 6) is -0.570. The predicted molar refractivity (Wildman–Crippen MR) is 78.2 cm³/mol. The summed E-state index contributed by atoms with van der Waals surface area (Å²) in [6.07, 6.45) is 1.40. The minimum absolute atomic E-state index is 0.0626. The molecule has 0 radical (unpaired) electrons. The van der Waals surface area contributed by atoms with E-state index in [0.717, 1.165) is 24.6 Å². The molecule has 0 fully saturated rings. The lowest BCUT2D eigenvalue weighted by Crippen LogP contribution is -2.28. The van der Waals surface area contributed by atoms with Gasteiger partial charge in [0.25, 0.3) is 11.6 Å². The Labute approximate surface area is 126 Å². The van der Waals surface area contributed by atoms with Crippen molar-refractivity contribution in [3.8, 4) is 5.75 Å². The molecule has 2 rings (SSSR count). The van der Waals surface area contributed by atoms with Crippen molar-refractivity contribution in [2.24, 2.45) is 15.3 Å². The summed E-state index contributed by atoms with van der Waals surface area (Å²) < 4.78 is 0.